The monoisotopic (exact) mass is 188 g/mol. The smallest absolute Gasteiger partial charge is 0.410 e. The van der Waals surface area contributed by atoms with Crippen molar-refractivity contribution in [1.29, 1.82) is 0 Å². The van der Waals surface area contributed by atoms with Crippen LogP contribution in [0.5, 0.6) is 0 Å². The molecule has 1 aromatic rings. The zero-order valence-electron chi connectivity index (χ0n) is 5.64. The number of aromatic nitrogens is 1. The van der Waals surface area contributed by atoms with Crippen LogP contribution < -0.4 is 5.32 Å². The second kappa shape index (κ2) is 3.18. The molecule has 0 unspecified atom stereocenters. The van der Waals surface area contributed by atoms with E-state index < -0.39 is 12.1 Å². The summed E-state index contributed by atoms with van der Waals surface area (Å²) >= 11 is 0.922. The number of anilines is 1. The van der Waals surface area contributed by atoms with Crippen molar-refractivity contribution in [2.24, 2.45) is 0 Å². The highest BCUT2D eigenvalue weighted by molar-refractivity contribution is 7.14. The molecule has 0 aliphatic carbocycles. The maximum atomic E-state index is 10.3. The molecular formula is C5H4N2O4S. The van der Waals surface area contributed by atoms with Crippen molar-refractivity contribution >= 4 is 28.5 Å². The minimum absolute atomic E-state index is 0.0555. The van der Waals surface area contributed by atoms with Crippen molar-refractivity contribution in [3.63, 3.8) is 0 Å². The third-order valence-electron chi connectivity index (χ3n) is 0.937. The van der Waals surface area contributed by atoms with E-state index in [2.05, 4.69) is 4.98 Å². The van der Waals surface area contributed by atoms with Gasteiger partial charge in [0, 0.05) is 5.38 Å². The maximum absolute atomic E-state index is 10.3. The Morgan fingerprint density at radius 2 is 2.17 bits per heavy atom. The number of carboxylic acid groups (broad SMARTS) is 2. The summed E-state index contributed by atoms with van der Waals surface area (Å²) in [7, 11) is 0. The van der Waals surface area contributed by atoms with Crippen molar-refractivity contribution < 1.29 is 19.8 Å². The van der Waals surface area contributed by atoms with Gasteiger partial charge in [-0.2, -0.15) is 0 Å². The first-order valence-electron chi connectivity index (χ1n) is 2.78. The van der Waals surface area contributed by atoms with E-state index in [4.69, 9.17) is 10.2 Å². The second-order valence-corrected chi connectivity index (χ2v) is 2.63. The standard InChI is InChI=1S/C5H4N2O4S/c8-3(9)2-1-12-4(6-2)7-5(10)11/h1H,(H,6,7)(H,8,9)(H,10,11). The first-order chi connectivity index (χ1) is 5.59. The van der Waals surface area contributed by atoms with Gasteiger partial charge in [-0.05, 0) is 0 Å². The van der Waals surface area contributed by atoms with Gasteiger partial charge < -0.3 is 10.2 Å². The summed E-state index contributed by atoms with van der Waals surface area (Å²) in [6.07, 6.45) is -1.26. The lowest BCUT2D eigenvalue weighted by atomic mass is 10.5. The van der Waals surface area contributed by atoms with Crippen molar-refractivity contribution in [3.8, 4) is 0 Å². The van der Waals surface area contributed by atoms with Crippen molar-refractivity contribution in [1.82, 2.24) is 4.98 Å². The number of carbonyl (C=O) groups is 2. The number of carboxylic acids is 1. The molecule has 1 rings (SSSR count). The van der Waals surface area contributed by atoms with Gasteiger partial charge in [-0.1, -0.05) is 0 Å². The van der Waals surface area contributed by atoms with E-state index in [1.54, 1.807) is 0 Å². The van der Waals surface area contributed by atoms with Gasteiger partial charge in [0.05, 0.1) is 0 Å². The highest BCUT2D eigenvalue weighted by Gasteiger charge is 2.09. The molecule has 1 amide bonds. The molecule has 0 saturated carbocycles. The fraction of sp³-hybridized carbons (Fsp3) is 0. The third-order valence-corrected chi connectivity index (χ3v) is 1.69. The van der Waals surface area contributed by atoms with Crippen LogP contribution in [0.1, 0.15) is 10.5 Å². The average Bonchev–Trinajstić information content (AvgIpc) is 2.34. The Morgan fingerprint density at radius 3 is 2.58 bits per heavy atom. The Morgan fingerprint density at radius 1 is 1.50 bits per heavy atom. The Balaban J connectivity index is 2.77. The molecule has 0 radical (unpaired) electrons. The van der Waals surface area contributed by atoms with E-state index in [1.165, 1.54) is 5.38 Å². The molecule has 3 N–H and O–H groups in total. The lowest BCUT2D eigenvalue weighted by Crippen LogP contribution is -2.07. The molecule has 0 bridgehead atoms. The van der Waals surface area contributed by atoms with Gasteiger partial charge in [0.15, 0.2) is 10.8 Å². The number of thiazole rings is 1. The molecular weight excluding hydrogens is 184 g/mol. The van der Waals surface area contributed by atoms with Crippen LogP contribution in [-0.4, -0.2) is 27.3 Å². The number of hydrogen-bond donors (Lipinski definition) is 3. The van der Waals surface area contributed by atoms with E-state index in [9.17, 15) is 9.59 Å². The molecule has 64 valence electrons. The third kappa shape index (κ3) is 1.92. The molecule has 6 nitrogen and oxygen atoms in total. The Labute approximate surface area is 70.5 Å². The van der Waals surface area contributed by atoms with Crippen LogP contribution in [0, 0.1) is 0 Å². The molecule has 0 aromatic carbocycles. The summed E-state index contributed by atoms with van der Waals surface area (Å²) < 4.78 is 0. The van der Waals surface area contributed by atoms with Gasteiger partial charge in [-0.15, -0.1) is 11.3 Å². The van der Waals surface area contributed by atoms with Gasteiger partial charge in [-0.3, -0.25) is 5.32 Å². The lowest BCUT2D eigenvalue weighted by Gasteiger charge is -1.90. The molecule has 0 saturated heterocycles. The lowest BCUT2D eigenvalue weighted by molar-refractivity contribution is 0.0691. The fourth-order valence-corrected chi connectivity index (χ4v) is 1.19. The molecule has 12 heavy (non-hydrogen) atoms. The van der Waals surface area contributed by atoms with Crippen LogP contribution in [0.3, 0.4) is 0 Å². The zero-order chi connectivity index (χ0) is 9.14. The number of amides is 1. The predicted molar refractivity (Wildman–Crippen MR) is 40.7 cm³/mol. The summed E-state index contributed by atoms with van der Waals surface area (Å²) in [5, 5.41) is 19.9. The molecule has 0 atom stereocenters. The summed E-state index contributed by atoms with van der Waals surface area (Å²) in [6.45, 7) is 0. The Hall–Kier alpha value is -1.63. The highest BCUT2D eigenvalue weighted by Crippen LogP contribution is 2.14. The van der Waals surface area contributed by atoms with E-state index >= 15 is 0 Å². The topological polar surface area (TPSA) is 99.5 Å². The minimum Gasteiger partial charge on any atom is -0.476 e. The Bertz CT molecular complexity index is 321. The van der Waals surface area contributed by atoms with E-state index in [0.717, 1.165) is 11.3 Å². The number of nitrogens with zero attached hydrogens (tertiary/aromatic N) is 1. The summed E-state index contributed by atoms with van der Waals surface area (Å²) in [5.74, 6) is -1.18. The van der Waals surface area contributed by atoms with Crippen LogP contribution in [0.2, 0.25) is 0 Å². The SMILES string of the molecule is O=C(O)Nc1nc(C(=O)O)cs1. The quantitative estimate of drug-likeness (QED) is 0.641. The van der Waals surface area contributed by atoms with Crippen LogP contribution in [-0.2, 0) is 0 Å². The first-order valence-corrected chi connectivity index (χ1v) is 3.66. The maximum Gasteiger partial charge on any atom is 0.410 e. The average molecular weight is 188 g/mol. The highest BCUT2D eigenvalue weighted by atomic mass is 32.1. The molecule has 0 aliphatic heterocycles. The van der Waals surface area contributed by atoms with Gasteiger partial charge in [-0.25, -0.2) is 14.6 Å². The van der Waals surface area contributed by atoms with Crippen LogP contribution in [0.4, 0.5) is 9.93 Å². The molecule has 7 heteroatoms. The van der Waals surface area contributed by atoms with E-state index in [0.29, 0.717) is 0 Å². The summed E-state index contributed by atoms with van der Waals surface area (Å²) in [5.41, 5.74) is -0.163. The van der Waals surface area contributed by atoms with Crippen LogP contribution >= 0.6 is 11.3 Å². The summed E-state index contributed by atoms with van der Waals surface area (Å²) in [4.78, 5) is 23.8. The second-order valence-electron chi connectivity index (χ2n) is 1.77. The Kier molecular flexibility index (Phi) is 2.24. The van der Waals surface area contributed by atoms with Gasteiger partial charge in [0.25, 0.3) is 0 Å². The van der Waals surface area contributed by atoms with E-state index in [1.807, 2.05) is 5.32 Å². The molecule has 0 spiro atoms. The first kappa shape index (κ1) is 8.47. The summed E-state index contributed by atoms with van der Waals surface area (Å²) in [6, 6.07) is 0. The number of aromatic carboxylic acids is 1. The number of nitrogens with one attached hydrogen (secondary N) is 1. The molecule has 1 aromatic heterocycles. The van der Waals surface area contributed by atoms with Crippen LogP contribution in [0.25, 0.3) is 0 Å². The molecule has 0 aliphatic rings. The van der Waals surface area contributed by atoms with Crippen molar-refractivity contribution in [2.45, 2.75) is 0 Å². The van der Waals surface area contributed by atoms with Gasteiger partial charge >= 0.3 is 12.1 Å². The predicted octanol–water partition coefficient (Wildman–Crippen LogP) is 0.931. The van der Waals surface area contributed by atoms with Crippen molar-refractivity contribution in [3.05, 3.63) is 11.1 Å². The van der Waals surface area contributed by atoms with E-state index in [-0.39, 0.29) is 10.8 Å². The van der Waals surface area contributed by atoms with Crippen LogP contribution in [0.15, 0.2) is 5.38 Å². The minimum atomic E-state index is -1.26. The molecule has 1 heterocycles. The largest absolute Gasteiger partial charge is 0.476 e. The number of rotatable bonds is 2. The molecule has 0 fully saturated rings. The number of hydrogen-bond acceptors (Lipinski definition) is 4. The fourth-order valence-electron chi connectivity index (χ4n) is 0.521. The van der Waals surface area contributed by atoms with Gasteiger partial charge in [0.1, 0.15) is 0 Å². The zero-order valence-corrected chi connectivity index (χ0v) is 6.46. The van der Waals surface area contributed by atoms with Crippen molar-refractivity contribution in [2.75, 3.05) is 5.32 Å². The normalized spacial score (nSPS) is 9.33. The van der Waals surface area contributed by atoms with Gasteiger partial charge in [0.2, 0.25) is 0 Å².